The SMILES string of the molecule is Cc1ccc(C)c2c(=O)cc(CSCC(=O)Nc3ccc(C(C)C)cc3)[nH]c12. The summed E-state index contributed by atoms with van der Waals surface area (Å²) in [5.41, 5.74) is 5.83. The lowest BCUT2D eigenvalue weighted by Crippen LogP contribution is -2.14. The van der Waals surface area contributed by atoms with Gasteiger partial charge in [0.25, 0.3) is 0 Å². The van der Waals surface area contributed by atoms with Crippen LogP contribution < -0.4 is 10.7 Å². The van der Waals surface area contributed by atoms with Gasteiger partial charge in [-0.05, 0) is 48.6 Å². The zero-order valence-electron chi connectivity index (χ0n) is 16.8. The number of nitrogens with one attached hydrogen (secondary N) is 2. The molecule has 4 nitrogen and oxygen atoms in total. The Morgan fingerprint density at radius 3 is 2.43 bits per heavy atom. The van der Waals surface area contributed by atoms with E-state index in [-0.39, 0.29) is 11.3 Å². The molecule has 3 aromatic rings. The van der Waals surface area contributed by atoms with E-state index in [1.54, 1.807) is 6.07 Å². The van der Waals surface area contributed by atoms with Gasteiger partial charge in [0.2, 0.25) is 5.91 Å². The Kier molecular flexibility index (Phi) is 6.25. The highest BCUT2D eigenvalue weighted by Gasteiger charge is 2.09. The number of anilines is 1. The molecule has 3 rings (SSSR count). The molecule has 28 heavy (non-hydrogen) atoms. The number of hydrogen-bond donors (Lipinski definition) is 2. The van der Waals surface area contributed by atoms with Crippen LogP contribution in [0.15, 0.2) is 47.3 Å². The largest absolute Gasteiger partial charge is 0.357 e. The van der Waals surface area contributed by atoms with E-state index in [0.717, 1.165) is 33.4 Å². The molecule has 0 aliphatic carbocycles. The number of amides is 1. The fraction of sp³-hybridized carbons (Fsp3) is 0.304. The van der Waals surface area contributed by atoms with E-state index in [0.29, 0.717) is 17.4 Å². The standard InChI is InChI=1S/C23H26N2O2S/c1-14(2)17-7-9-18(10-8-17)24-21(27)13-28-12-19-11-20(26)22-15(3)5-6-16(4)23(22)25-19/h5-11,14H,12-13H2,1-4H3,(H,24,27)(H,25,26). The molecule has 0 fully saturated rings. The third-order valence-electron chi connectivity index (χ3n) is 4.81. The summed E-state index contributed by atoms with van der Waals surface area (Å²) in [6.45, 7) is 8.23. The van der Waals surface area contributed by atoms with Crippen LogP contribution in [0, 0.1) is 13.8 Å². The maximum Gasteiger partial charge on any atom is 0.234 e. The number of aromatic nitrogens is 1. The van der Waals surface area contributed by atoms with Crippen molar-refractivity contribution in [2.24, 2.45) is 0 Å². The van der Waals surface area contributed by atoms with Crippen LogP contribution in [0.25, 0.3) is 10.9 Å². The Balaban J connectivity index is 1.61. The number of H-pyrrole nitrogens is 1. The fourth-order valence-electron chi connectivity index (χ4n) is 3.20. The Bertz CT molecular complexity index is 1050. The molecule has 1 amide bonds. The minimum Gasteiger partial charge on any atom is -0.357 e. The molecule has 146 valence electrons. The molecule has 0 saturated heterocycles. The molecule has 5 heteroatoms. The second-order valence-corrected chi connectivity index (χ2v) is 8.41. The van der Waals surface area contributed by atoms with E-state index < -0.39 is 0 Å². The summed E-state index contributed by atoms with van der Waals surface area (Å²) in [5, 5.41) is 3.67. The molecule has 2 N–H and O–H groups in total. The van der Waals surface area contributed by atoms with E-state index in [9.17, 15) is 9.59 Å². The van der Waals surface area contributed by atoms with Crippen molar-refractivity contribution in [2.45, 2.75) is 39.4 Å². The fourth-order valence-corrected chi connectivity index (χ4v) is 3.93. The van der Waals surface area contributed by atoms with Gasteiger partial charge in [0.15, 0.2) is 5.43 Å². The van der Waals surface area contributed by atoms with E-state index in [4.69, 9.17) is 0 Å². The number of pyridine rings is 1. The average Bonchev–Trinajstić information content (AvgIpc) is 2.65. The third-order valence-corrected chi connectivity index (χ3v) is 5.79. The van der Waals surface area contributed by atoms with Gasteiger partial charge < -0.3 is 10.3 Å². The lowest BCUT2D eigenvalue weighted by atomic mass is 10.0. The predicted octanol–water partition coefficient (Wildman–Crippen LogP) is 5.14. The number of carbonyl (C=O) groups is 1. The molecule has 2 aromatic carbocycles. The van der Waals surface area contributed by atoms with Crippen LogP contribution in [-0.4, -0.2) is 16.6 Å². The molecule has 0 aliphatic heterocycles. The summed E-state index contributed by atoms with van der Waals surface area (Å²) in [5.74, 6) is 1.34. The lowest BCUT2D eigenvalue weighted by molar-refractivity contribution is -0.113. The van der Waals surface area contributed by atoms with Gasteiger partial charge in [0, 0.05) is 28.6 Å². The normalized spacial score (nSPS) is 11.2. The molecule has 1 heterocycles. The minimum absolute atomic E-state index is 0.0280. The minimum atomic E-state index is -0.0440. The van der Waals surface area contributed by atoms with E-state index in [1.807, 2.05) is 50.2 Å². The molecular formula is C23H26N2O2S. The van der Waals surface area contributed by atoms with Gasteiger partial charge in [-0.15, -0.1) is 11.8 Å². The van der Waals surface area contributed by atoms with Gasteiger partial charge in [-0.25, -0.2) is 0 Å². The third kappa shape index (κ3) is 4.65. The molecule has 0 aliphatic rings. The first-order valence-electron chi connectivity index (χ1n) is 9.45. The van der Waals surface area contributed by atoms with Crippen LogP contribution in [0.4, 0.5) is 5.69 Å². The molecule has 0 atom stereocenters. The molecule has 0 bridgehead atoms. The van der Waals surface area contributed by atoms with Crippen LogP contribution in [0.1, 0.15) is 42.1 Å². The monoisotopic (exact) mass is 394 g/mol. The predicted molar refractivity (Wildman–Crippen MR) is 119 cm³/mol. The van der Waals surface area contributed by atoms with E-state index in [1.165, 1.54) is 17.3 Å². The molecule has 0 saturated carbocycles. The lowest BCUT2D eigenvalue weighted by Gasteiger charge is -2.10. The number of rotatable bonds is 6. The Labute approximate surface area is 169 Å². The smallest absolute Gasteiger partial charge is 0.234 e. The zero-order valence-corrected chi connectivity index (χ0v) is 17.6. The number of fused-ring (bicyclic) bond motifs is 1. The summed E-state index contributed by atoms with van der Waals surface area (Å²) in [4.78, 5) is 28.0. The maximum absolute atomic E-state index is 12.5. The molecule has 1 aromatic heterocycles. The molecule has 0 spiro atoms. The van der Waals surface area contributed by atoms with Crippen LogP contribution in [0.2, 0.25) is 0 Å². The van der Waals surface area contributed by atoms with Crippen molar-refractivity contribution in [2.75, 3.05) is 11.1 Å². The summed E-state index contributed by atoms with van der Waals surface area (Å²) in [6.07, 6.45) is 0. The van der Waals surface area contributed by atoms with E-state index in [2.05, 4.69) is 24.1 Å². The Hall–Kier alpha value is -2.53. The summed E-state index contributed by atoms with van der Waals surface area (Å²) < 4.78 is 0. The summed E-state index contributed by atoms with van der Waals surface area (Å²) >= 11 is 1.49. The van der Waals surface area contributed by atoms with Crippen LogP contribution in [0.3, 0.4) is 0 Å². The number of aryl methyl sites for hydroxylation is 2. The average molecular weight is 395 g/mol. The van der Waals surface area contributed by atoms with Crippen LogP contribution >= 0.6 is 11.8 Å². The highest BCUT2D eigenvalue weighted by Crippen LogP contribution is 2.20. The second kappa shape index (κ2) is 8.65. The number of hydrogen-bond acceptors (Lipinski definition) is 3. The number of thioether (sulfide) groups is 1. The van der Waals surface area contributed by atoms with Crippen molar-refractivity contribution in [3.8, 4) is 0 Å². The van der Waals surface area contributed by atoms with Crippen LogP contribution in [-0.2, 0) is 10.5 Å². The van der Waals surface area contributed by atoms with Gasteiger partial charge >= 0.3 is 0 Å². The highest BCUT2D eigenvalue weighted by atomic mass is 32.2. The molecule has 0 radical (unpaired) electrons. The van der Waals surface area contributed by atoms with Crippen molar-refractivity contribution < 1.29 is 4.79 Å². The number of benzene rings is 2. The summed E-state index contributed by atoms with van der Waals surface area (Å²) in [7, 11) is 0. The van der Waals surface area contributed by atoms with Gasteiger partial charge in [-0.2, -0.15) is 0 Å². The molecular weight excluding hydrogens is 368 g/mol. The molecule has 0 unspecified atom stereocenters. The van der Waals surface area contributed by atoms with Gasteiger partial charge in [-0.1, -0.05) is 38.1 Å². The quantitative estimate of drug-likeness (QED) is 0.608. The van der Waals surface area contributed by atoms with Gasteiger partial charge in [-0.3, -0.25) is 9.59 Å². The van der Waals surface area contributed by atoms with Gasteiger partial charge in [0.05, 0.1) is 11.3 Å². The van der Waals surface area contributed by atoms with Crippen molar-refractivity contribution in [3.05, 3.63) is 75.1 Å². The highest BCUT2D eigenvalue weighted by molar-refractivity contribution is 7.99. The van der Waals surface area contributed by atoms with Crippen LogP contribution in [0.5, 0.6) is 0 Å². The zero-order chi connectivity index (χ0) is 20.3. The first-order chi connectivity index (χ1) is 13.3. The van der Waals surface area contributed by atoms with Crippen molar-refractivity contribution in [3.63, 3.8) is 0 Å². The Morgan fingerprint density at radius 1 is 1.07 bits per heavy atom. The van der Waals surface area contributed by atoms with Crippen molar-refractivity contribution in [1.82, 2.24) is 4.98 Å². The number of aromatic amines is 1. The second-order valence-electron chi connectivity index (χ2n) is 7.43. The van der Waals surface area contributed by atoms with Gasteiger partial charge in [0.1, 0.15) is 0 Å². The maximum atomic E-state index is 12.5. The van der Waals surface area contributed by atoms with Crippen molar-refractivity contribution in [1.29, 1.82) is 0 Å². The topological polar surface area (TPSA) is 62.0 Å². The van der Waals surface area contributed by atoms with Crippen molar-refractivity contribution >= 4 is 34.3 Å². The first kappa shape index (κ1) is 20.2. The number of carbonyl (C=O) groups excluding carboxylic acids is 1. The summed E-state index contributed by atoms with van der Waals surface area (Å²) in [6, 6.07) is 13.6. The first-order valence-corrected chi connectivity index (χ1v) is 10.6. The van der Waals surface area contributed by atoms with E-state index >= 15 is 0 Å². The Morgan fingerprint density at radius 2 is 1.75 bits per heavy atom.